The van der Waals surface area contributed by atoms with Crippen LogP contribution in [0.3, 0.4) is 0 Å². The molecule has 1 aliphatic heterocycles. The summed E-state index contributed by atoms with van der Waals surface area (Å²) in [6, 6.07) is 9.54. The minimum atomic E-state index is -0.275. The number of hydrogen-bond acceptors (Lipinski definition) is 4. The summed E-state index contributed by atoms with van der Waals surface area (Å²) in [4.78, 5) is 30.7. The van der Waals surface area contributed by atoms with Crippen LogP contribution < -0.4 is 5.32 Å². The van der Waals surface area contributed by atoms with E-state index in [1.54, 1.807) is 11.8 Å². The molecule has 6 heteroatoms. The van der Waals surface area contributed by atoms with Crippen LogP contribution in [-0.2, 0) is 4.74 Å². The third kappa shape index (κ3) is 3.90. The predicted molar refractivity (Wildman–Crippen MR) is 95.6 cm³/mol. The highest BCUT2D eigenvalue weighted by Gasteiger charge is 2.25. The lowest BCUT2D eigenvalue weighted by Gasteiger charge is -2.31. The zero-order chi connectivity index (χ0) is 17.8. The van der Waals surface area contributed by atoms with E-state index in [4.69, 9.17) is 4.74 Å². The third-order valence-electron chi connectivity index (χ3n) is 4.45. The van der Waals surface area contributed by atoms with Crippen LogP contribution >= 0.6 is 0 Å². The number of carbonyl (C=O) groups is 2. The van der Waals surface area contributed by atoms with Crippen LogP contribution in [0, 0.1) is 6.92 Å². The Bertz CT molecular complexity index is 783. The molecule has 2 heterocycles. The number of ether oxygens (including phenoxy) is 1. The Kier molecular flexibility index (Phi) is 5.16. The molecule has 0 atom stereocenters. The van der Waals surface area contributed by atoms with Gasteiger partial charge in [0.25, 0.3) is 5.91 Å². The van der Waals surface area contributed by atoms with Crippen molar-refractivity contribution in [2.45, 2.75) is 32.7 Å². The zero-order valence-electron chi connectivity index (χ0n) is 14.6. The van der Waals surface area contributed by atoms with Gasteiger partial charge in [-0.25, -0.2) is 4.79 Å². The molecule has 2 aromatic rings. The summed E-state index contributed by atoms with van der Waals surface area (Å²) >= 11 is 0. The normalized spacial score (nSPS) is 15.2. The number of likely N-dealkylation sites (tertiary alicyclic amines) is 1. The summed E-state index contributed by atoms with van der Waals surface area (Å²) in [6.07, 6.45) is 1.18. The van der Waals surface area contributed by atoms with Gasteiger partial charge in [0.1, 0.15) is 0 Å². The van der Waals surface area contributed by atoms with Crippen LogP contribution in [0.25, 0.3) is 10.9 Å². The Balaban J connectivity index is 1.67. The molecule has 1 aromatic heterocycles. The van der Waals surface area contributed by atoms with E-state index in [0.717, 1.165) is 29.4 Å². The third-order valence-corrected chi connectivity index (χ3v) is 4.45. The fourth-order valence-electron chi connectivity index (χ4n) is 3.18. The Morgan fingerprint density at radius 1 is 1.28 bits per heavy atom. The molecule has 0 radical (unpaired) electrons. The summed E-state index contributed by atoms with van der Waals surface area (Å²) in [6.45, 7) is 5.26. The number of aryl methyl sites for hydroxylation is 1. The highest BCUT2D eigenvalue weighted by atomic mass is 16.6. The number of nitrogens with one attached hydrogen (secondary N) is 1. The molecule has 25 heavy (non-hydrogen) atoms. The lowest BCUT2D eigenvalue weighted by atomic mass is 10.0. The maximum Gasteiger partial charge on any atom is 0.409 e. The Labute approximate surface area is 147 Å². The van der Waals surface area contributed by atoms with Gasteiger partial charge < -0.3 is 15.0 Å². The number of pyridine rings is 1. The van der Waals surface area contributed by atoms with Gasteiger partial charge in [-0.2, -0.15) is 0 Å². The van der Waals surface area contributed by atoms with Crippen molar-refractivity contribution in [3.05, 3.63) is 41.6 Å². The lowest BCUT2D eigenvalue weighted by molar-refractivity contribution is 0.0861. The van der Waals surface area contributed by atoms with Gasteiger partial charge in [-0.05, 0) is 38.8 Å². The molecule has 0 spiro atoms. The number of carbonyl (C=O) groups excluding carboxylic acids is 2. The van der Waals surface area contributed by atoms with Gasteiger partial charge >= 0.3 is 6.09 Å². The van der Waals surface area contributed by atoms with Crippen molar-refractivity contribution in [3.63, 3.8) is 0 Å². The van der Waals surface area contributed by atoms with Gasteiger partial charge in [-0.15, -0.1) is 0 Å². The van der Waals surface area contributed by atoms with Crippen molar-refractivity contribution in [3.8, 4) is 0 Å². The van der Waals surface area contributed by atoms with Gasteiger partial charge in [0.05, 0.1) is 17.7 Å². The lowest BCUT2D eigenvalue weighted by Crippen LogP contribution is -2.46. The van der Waals surface area contributed by atoms with Crippen molar-refractivity contribution in [1.82, 2.24) is 15.2 Å². The molecule has 0 bridgehead atoms. The van der Waals surface area contributed by atoms with Gasteiger partial charge in [0.2, 0.25) is 0 Å². The fourth-order valence-corrected chi connectivity index (χ4v) is 3.18. The SMILES string of the molecule is CCOC(=O)N1CCC(NC(=O)c2cc(C)nc3ccccc23)CC1. The maximum atomic E-state index is 12.8. The highest BCUT2D eigenvalue weighted by Crippen LogP contribution is 2.19. The number of benzene rings is 1. The average Bonchev–Trinajstić information content (AvgIpc) is 2.61. The summed E-state index contributed by atoms with van der Waals surface area (Å²) in [5.74, 6) is -0.0868. The first-order valence-corrected chi connectivity index (χ1v) is 8.67. The van der Waals surface area contributed by atoms with E-state index in [1.165, 1.54) is 0 Å². The first kappa shape index (κ1) is 17.2. The van der Waals surface area contributed by atoms with E-state index in [1.807, 2.05) is 37.3 Å². The van der Waals surface area contributed by atoms with Crippen LogP contribution in [-0.4, -0.2) is 47.6 Å². The maximum absolute atomic E-state index is 12.8. The molecule has 1 aromatic carbocycles. The second kappa shape index (κ2) is 7.51. The molecular formula is C19H23N3O3. The molecule has 3 rings (SSSR count). The predicted octanol–water partition coefficient (Wildman–Crippen LogP) is 2.89. The number of hydrogen-bond donors (Lipinski definition) is 1. The molecule has 1 saturated heterocycles. The Hall–Kier alpha value is -2.63. The molecule has 2 amide bonds. The van der Waals surface area contributed by atoms with E-state index in [2.05, 4.69) is 10.3 Å². The molecule has 132 valence electrons. The van der Waals surface area contributed by atoms with Crippen molar-refractivity contribution in [1.29, 1.82) is 0 Å². The van der Waals surface area contributed by atoms with E-state index >= 15 is 0 Å². The second-order valence-corrected chi connectivity index (χ2v) is 6.26. The smallest absolute Gasteiger partial charge is 0.409 e. The first-order chi connectivity index (χ1) is 12.1. The largest absolute Gasteiger partial charge is 0.450 e. The van der Waals surface area contributed by atoms with Crippen molar-refractivity contribution >= 4 is 22.9 Å². The Morgan fingerprint density at radius 3 is 2.72 bits per heavy atom. The summed E-state index contributed by atoms with van der Waals surface area (Å²) < 4.78 is 5.02. The average molecular weight is 341 g/mol. The number of fused-ring (bicyclic) bond motifs is 1. The zero-order valence-corrected chi connectivity index (χ0v) is 14.6. The molecule has 0 saturated carbocycles. The van der Waals surface area contributed by atoms with Crippen molar-refractivity contribution < 1.29 is 14.3 Å². The topological polar surface area (TPSA) is 71.5 Å². The highest BCUT2D eigenvalue weighted by molar-refractivity contribution is 6.06. The fraction of sp³-hybridized carbons (Fsp3) is 0.421. The molecule has 1 N–H and O–H groups in total. The van der Waals surface area contributed by atoms with Gasteiger partial charge in [0, 0.05) is 30.2 Å². The van der Waals surface area contributed by atoms with E-state index in [9.17, 15) is 9.59 Å². The number of nitrogens with zero attached hydrogens (tertiary/aromatic N) is 2. The van der Waals surface area contributed by atoms with E-state index in [0.29, 0.717) is 25.3 Å². The van der Waals surface area contributed by atoms with Crippen LogP contribution in [0.4, 0.5) is 4.79 Å². The minimum Gasteiger partial charge on any atom is -0.450 e. The molecule has 6 nitrogen and oxygen atoms in total. The quantitative estimate of drug-likeness (QED) is 0.932. The minimum absolute atomic E-state index is 0.0606. The number of rotatable bonds is 3. The van der Waals surface area contributed by atoms with E-state index < -0.39 is 0 Å². The summed E-state index contributed by atoms with van der Waals surface area (Å²) in [5.41, 5.74) is 2.29. The number of piperidine rings is 1. The summed E-state index contributed by atoms with van der Waals surface area (Å²) in [5, 5.41) is 3.96. The number of aromatic nitrogens is 1. The molecular weight excluding hydrogens is 318 g/mol. The van der Waals surface area contributed by atoms with Crippen LogP contribution in [0.5, 0.6) is 0 Å². The number of amides is 2. The van der Waals surface area contributed by atoms with Gasteiger partial charge in [0.15, 0.2) is 0 Å². The first-order valence-electron chi connectivity index (χ1n) is 8.67. The molecule has 0 aliphatic carbocycles. The Morgan fingerprint density at radius 2 is 2.00 bits per heavy atom. The van der Waals surface area contributed by atoms with Crippen LogP contribution in [0.15, 0.2) is 30.3 Å². The van der Waals surface area contributed by atoms with Crippen LogP contribution in [0.1, 0.15) is 35.8 Å². The second-order valence-electron chi connectivity index (χ2n) is 6.26. The van der Waals surface area contributed by atoms with Crippen LogP contribution in [0.2, 0.25) is 0 Å². The van der Waals surface area contributed by atoms with Crippen molar-refractivity contribution in [2.24, 2.45) is 0 Å². The van der Waals surface area contributed by atoms with E-state index in [-0.39, 0.29) is 18.0 Å². The molecule has 0 unspecified atom stereocenters. The number of para-hydroxylation sites is 1. The molecule has 1 aliphatic rings. The van der Waals surface area contributed by atoms with Gasteiger partial charge in [-0.1, -0.05) is 18.2 Å². The van der Waals surface area contributed by atoms with Gasteiger partial charge in [-0.3, -0.25) is 9.78 Å². The van der Waals surface area contributed by atoms with Crippen molar-refractivity contribution in [2.75, 3.05) is 19.7 Å². The monoisotopic (exact) mass is 341 g/mol. The standard InChI is InChI=1S/C19H23N3O3/c1-3-25-19(24)22-10-8-14(9-11-22)21-18(23)16-12-13(2)20-17-7-5-4-6-15(16)17/h4-7,12,14H,3,8-11H2,1-2H3,(H,21,23). The summed E-state index contributed by atoms with van der Waals surface area (Å²) in [7, 11) is 0. The molecule has 1 fully saturated rings.